The maximum Gasteiger partial charge on any atom is 0.344 e. The maximum atomic E-state index is 11.7. The van der Waals surface area contributed by atoms with Gasteiger partial charge < -0.3 is 15.4 Å². The lowest BCUT2D eigenvalue weighted by Crippen LogP contribution is -2.18. The zero-order chi connectivity index (χ0) is 13.1. The van der Waals surface area contributed by atoms with Crippen LogP contribution in [0.25, 0.3) is 0 Å². The van der Waals surface area contributed by atoms with Crippen LogP contribution in [0.15, 0.2) is 17.5 Å². The van der Waals surface area contributed by atoms with E-state index in [1.807, 2.05) is 29.5 Å². The summed E-state index contributed by atoms with van der Waals surface area (Å²) in [5, 5.41) is 2.75. The fraction of sp³-hybridized carbons (Fsp3) is 0.273. The zero-order valence-corrected chi connectivity index (χ0v) is 11.7. The molecule has 0 spiro atoms. The topological polar surface area (TPSA) is 68.5 Å². The molecule has 96 valence electrons. The van der Waals surface area contributed by atoms with Crippen LogP contribution in [0.5, 0.6) is 0 Å². The number of hydrogen-bond acceptors (Lipinski definition) is 7. The summed E-state index contributed by atoms with van der Waals surface area (Å²) >= 11 is 2.87. The molecule has 0 aliphatic heterocycles. The molecule has 2 aromatic rings. The van der Waals surface area contributed by atoms with Crippen LogP contribution in [0, 0.1) is 0 Å². The number of carbonyl (C=O) groups excluding carboxylic acids is 1. The monoisotopic (exact) mass is 283 g/mol. The van der Waals surface area contributed by atoms with Crippen molar-refractivity contribution in [2.45, 2.75) is 6.54 Å². The minimum absolute atomic E-state index is 0.222. The van der Waals surface area contributed by atoms with Crippen LogP contribution in [-0.4, -0.2) is 24.5 Å². The van der Waals surface area contributed by atoms with Crippen LogP contribution in [-0.2, 0) is 11.3 Å². The predicted molar refractivity (Wildman–Crippen MR) is 74.3 cm³/mol. The number of methoxy groups -OCH3 is 1. The normalized spacial score (nSPS) is 10.3. The van der Waals surface area contributed by atoms with E-state index in [2.05, 4.69) is 4.37 Å². The van der Waals surface area contributed by atoms with Gasteiger partial charge >= 0.3 is 5.97 Å². The van der Waals surface area contributed by atoms with Crippen LogP contribution in [0.3, 0.4) is 0 Å². The van der Waals surface area contributed by atoms with Gasteiger partial charge in [0.05, 0.1) is 13.7 Å². The van der Waals surface area contributed by atoms with Gasteiger partial charge in [0.25, 0.3) is 0 Å². The van der Waals surface area contributed by atoms with Crippen molar-refractivity contribution in [1.29, 1.82) is 0 Å². The van der Waals surface area contributed by atoms with Crippen LogP contribution in [0.4, 0.5) is 10.8 Å². The maximum absolute atomic E-state index is 11.7. The molecule has 2 aromatic heterocycles. The fourth-order valence-electron chi connectivity index (χ4n) is 1.56. The molecule has 0 radical (unpaired) electrons. The third kappa shape index (κ3) is 2.46. The quantitative estimate of drug-likeness (QED) is 0.871. The molecule has 0 bridgehead atoms. The first kappa shape index (κ1) is 12.8. The fourth-order valence-corrected chi connectivity index (χ4v) is 3.07. The molecule has 0 fully saturated rings. The third-order valence-electron chi connectivity index (χ3n) is 2.41. The van der Waals surface area contributed by atoms with Crippen LogP contribution in [0.1, 0.15) is 15.2 Å². The Morgan fingerprint density at radius 1 is 1.61 bits per heavy atom. The van der Waals surface area contributed by atoms with Gasteiger partial charge in [0.2, 0.25) is 0 Å². The lowest BCUT2D eigenvalue weighted by atomic mass is 10.3. The Morgan fingerprint density at radius 2 is 2.39 bits per heavy atom. The molecule has 0 aromatic carbocycles. The largest absolute Gasteiger partial charge is 0.465 e. The highest BCUT2D eigenvalue weighted by molar-refractivity contribution is 7.11. The third-order valence-corrected chi connectivity index (χ3v) is 4.25. The highest BCUT2D eigenvalue weighted by atomic mass is 32.1. The molecule has 0 saturated carbocycles. The smallest absolute Gasteiger partial charge is 0.344 e. The molecule has 0 aliphatic rings. The Labute approximate surface area is 113 Å². The van der Waals surface area contributed by atoms with Gasteiger partial charge in [-0.15, -0.1) is 11.3 Å². The Kier molecular flexibility index (Phi) is 3.83. The van der Waals surface area contributed by atoms with Crippen molar-refractivity contribution in [3.8, 4) is 0 Å². The molecule has 0 amide bonds. The first-order valence-electron chi connectivity index (χ1n) is 5.20. The summed E-state index contributed by atoms with van der Waals surface area (Å²) in [5.74, 6) is -0.228. The Bertz CT molecular complexity index is 536. The van der Waals surface area contributed by atoms with E-state index in [4.69, 9.17) is 10.5 Å². The van der Waals surface area contributed by atoms with E-state index < -0.39 is 5.97 Å². The molecule has 0 unspecified atom stereocenters. The number of hydrogen-bond donors (Lipinski definition) is 1. The lowest BCUT2D eigenvalue weighted by molar-refractivity contribution is 0.0603. The van der Waals surface area contributed by atoms with Crippen molar-refractivity contribution < 1.29 is 9.53 Å². The molecular formula is C11H13N3O2S2. The molecule has 0 atom stereocenters. The molecule has 18 heavy (non-hydrogen) atoms. The SMILES string of the molecule is COC(=O)c1c(N)nsc1N(C)Cc1cccs1. The van der Waals surface area contributed by atoms with Gasteiger partial charge in [-0.1, -0.05) is 6.07 Å². The minimum atomic E-state index is -0.450. The summed E-state index contributed by atoms with van der Waals surface area (Å²) in [6.45, 7) is 0.712. The first-order chi connectivity index (χ1) is 8.63. The molecule has 2 heterocycles. The number of esters is 1. The summed E-state index contributed by atoms with van der Waals surface area (Å²) in [5.41, 5.74) is 6.05. The first-order valence-corrected chi connectivity index (χ1v) is 6.85. The van der Waals surface area contributed by atoms with E-state index in [9.17, 15) is 4.79 Å². The minimum Gasteiger partial charge on any atom is -0.465 e. The van der Waals surface area contributed by atoms with Gasteiger partial charge in [-0.3, -0.25) is 0 Å². The highest BCUT2D eigenvalue weighted by Gasteiger charge is 2.22. The van der Waals surface area contributed by atoms with E-state index >= 15 is 0 Å². The van der Waals surface area contributed by atoms with E-state index in [1.54, 1.807) is 11.3 Å². The molecule has 0 aliphatic carbocycles. The summed E-state index contributed by atoms with van der Waals surface area (Å²) in [7, 11) is 3.24. The number of nitrogen functional groups attached to an aromatic ring is 1. The molecule has 2 N–H and O–H groups in total. The van der Waals surface area contributed by atoms with Crippen molar-refractivity contribution in [2.75, 3.05) is 24.8 Å². The van der Waals surface area contributed by atoms with Crippen LogP contribution < -0.4 is 10.6 Å². The number of rotatable bonds is 4. The number of aromatic nitrogens is 1. The predicted octanol–water partition coefficient (Wildman–Crippen LogP) is 2.21. The molecule has 7 heteroatoms. The van der Waals surface area contributed by atoms with E-state index in [1.165, 1.54) is 23.5 Å². The number of nitrogens with zero attached hydrogens (tertiary/aromatic N) is 2. The summed E-state index contributed by atoms with van der Waals surface area (Å²) < 4.78 is 8.74. The lowest BCUT2D eigenvalue weighted by Gasteiger charge is -2.16. The average molecular weight is 283 g/mol. The molecule has 5 nitrogen and oxygen atoms in total. The summed E-state index contributed by atoms with van der Waals surface area (Å²) in [4.78, 5) is 14.8. The van der Waals surface area contributed by atoms with Crippen molar-refractivity contribution >= 4 is 39.7 Å². The van der Waals surface area contributed by atoms with E-state index in [-0.39, 0.29) is 5.82 Å². The highest BCUT2D eigenvalue weighted by Crippen LogP contribution is 2.31. The Hall–Kier alpha value is -1.60. The van der Waals surface area contributed by atoms with Gasteiger partial charge in [0.15, 0.2) is 5.82 Å². The van der Waals surface area contributed by atoms with E-state index in [0.717, 1.165) is 5.00 Å². The zero-order valence-electron chi connectivity index (χ0n) is 10.0. The van der Waals surface area contributed by atoms with Gasteiger partial charge in [-0.05, 0) is 23.0 Å². The molecule has 0 saturated heterocycles. The molecule has 2 rings (SSSR count). The molecular weight excluding hydrogens is 270 g/mol. The average Bonchev–Trinajstić information content (AvgIpc) is 2.97. The number of ether oxygens (including phenoxy) is 1. The van der Waals surface area contributed by atoms with Crippen LogP contribution in [0.2, 0.25) is 0 Å². The second kappa shape index (κ2) is 5.36. The van der Waals surface area contributed by atoms with Crippen molar-refractivity contribution in [2.24, 2.45) is 0 Å². The van der Waals surface area contributed by atoms with Gasteiger partial charge in [-0.2, -0.15) is 4.37 Å². The Balaban J connectivity index is 2.25. The van der Waals surface area contributed by atoms with Crippen molar-refractivity contribution in [3.63, 3.8) is 0 Å². The van der Waals surface area contributed by atoms with Gasteiger partial charge in [0.1, 0.15) is 10.6 Å². The number of anilines is 2. The van der Waals surface area contributed by atoms with Gasteiger partial charge in [-0.25, -0.2) is 4.79 Å². The summed E-state index contributed by atoms with van der Waals surface area (Å²) in [6, 6.07) is 4.04. The summed E-state index contributed by atoms with van der Waals surface area (Å²) in [6.07, 6.45) is 0. The van der Waals surface area contributed by atoms with E-state index in [0.29, 0.717) is 12.1 Å². The Morgan fingerprint density at radius 3 is 3.00 bits per heavy atom. The van der Waals surface area contributed by atoms with Crippen molar-refractivity contribution in [3.05, 3.63) is 28.0 Å². The second-order valence-electron chi connectivity index (χ2n) is 3.67. The standard InChI is InChI=1S/C11H13N3O2S2/c1-14(6-7-4-3-5-17-7)10-8(11(15)16-2)9(12)13-18-10/h3-5H,6H2,1-2H3,(H2,12,13). The van der Waals surface area contributed by atoms with Crippen LogP contribution >= 0.6 is 22.9 Å². The number of thiophene rings is 1. The van der Waals surface area contributed by atoms with Gasteiger partial charge in [0, 0.05) is 11.9 Å². The number of nitrogens with two attached hydrogens (primary N) is 1. The second-order valence-corrected chi connectivity index (χ2v) is 5.46. The van der Waals surface area contributed by atoms with Crippen molar-refractivity contribution in [1.82, 2.24) is 4.37 Å². The number of carbonyl (C=O) groups is 1.